The lowest BCUT2D eigenvalue weighted by Gasteiger charge is -2.25. The van der Waals surface area contributed by atoms with Crippen molar-refractivity contribution in [3.63, 3.8) is 0 Å². The van der Waals surface area contributed by atoms with E-state index in [2.05, 4.69) is 20.5 Å². The number of rotatable bonds is 5. The Morgan fingerprint density at radius 1 is 1.30 bits per heavy atom. The highest BCUT2D eigenvalue weighted by Crippen LogP contribution is 2.36. The molecule has 0 unspecified atom stereocenters. The predicted octanol–water partition coefficient (Wildman–Crippen LogP) is 4.15. The van der Waals surface area contributed by atoms with E-state index in [-0.39, 0.29) is 16.7 Å². The fourth-order valence-corrected chi connectivity index (χ4v) is 4.04. The highest BCUT2D eigenvalue weighted by molar-refractivity contribution is 8.00. The molecule has 0 radical (unpaired) electrons. The van der Waals surface area contributed by atoms with Crippen LogP contribution in [0.1, 0.15) is 18.9 Å². The molecule has 8 nitrogen and oxygen atoms in total. The van der Waals surface area contributed by atoms with Gasteiger partial charge < -0.3 is 19.4 Å². The maximum Gasteiger partial charge on any atom is 0.238 e. The molecule has 0 fully saturated rings. The summed E-state index contributed by atoms with van der Waals surface area (Å²) in [5.41, 5.74) is 0. The number of carbonyl (C=O) groups is 1. The molecule has 30 heavy (non-hydrogen) atoms. The number of nitrogens with zero attached hydrogens (tertiary/aromatic N) is 4. The zero-order valence-electron chi connectivity index (χ0n) is 16.0. The summed E-state index contributed by atoms with van der Waals surface area (Å²) in [6.07, 6.45) is 1.02. The minimum atomic E-state index is -0.474. The largest absolute Gasteiger partial charge is 0.485 e. The summed E-state index contributed by atoms with van der Waals surface area (Å²) in [6.45, 7) is 2.08. The molecule has 0 saturated carbocycles. The van der Waals surface area contributed by atoms with Gasteiger partial charge in [-0.05, 0) is 25.1 Å². The summed E-state index contributed by atoms with van der Waals surface area (Å²) in [4.78, 5) is 16.6. The number of hydrogen-bond donors (Lipinski definition) is 1. The molecule has 1 N–H and O–H groups in total. The number of aromatic nitrogens is 4. The number of halogens is 2. The number of nitrogens with one attached hydrogen (secondary N) is 1. The fraction of sp³-hybridized carbons (Fsp3) is 0.263. The summed E-state index contributed by atoms with van der Waals surface area (Å²) in [6, 6.07) is 8.98. The molecule has 1 aliphatic rings. The van der Waals surface area contributed by atoms with Gasteiger partial charge in [0.05, 0.1) is 15.3 Å². The molecule has 156 valence electrons. The molecule has 2 atom stereocenters. The summed E-state index contributed by atoms with van der Waals surface area (Å²) < 4.78 is 13.5. The first-order chi connectivity index (χ1) is 14.4. The SMILES string of the molecule is C[C@H](Sc1nnc([C@@H]2COc3ccccc3O2)n1C)C(=O)Nc1ncc(Cl)cc1Cl. The minimum Gasteiger partial charge on any atom is -0.485 e. The van der Waals surface area contributed by atoms with E-state index < -0.39 is 11.4 Å². The Hall–Kier alpha value is -2.49. The normalized spacial score (nSPS) is 16.2. The molecular formula is C19H17Cl2N5O3S. The van der Waals surface area contributed by atoms with Crippen molar-refractivity contribution in [3.8, 4) is 11.5 Å². The fourth-order valence-electron chi connectivity index (χ4n) is 2.79. The molecule has 1 aromatic carbocycles. The van der Waals surface area contributed by atoms with Crippen molar-refractivity contribution in [1.82, 2.24) is 19.7 Å². The first kappa shape index (κ1) is 20.8. The lowest BCUT2D eigenvalue weighted by molar-refractivity contribution is -0.115. The van der Waals surface area contributed by atoms with E-state index >= 15 is 0 Å². The van der Waals surface area contributed by atoms with Crippen LogP contribution in [0.2, 0.25) is 10.0 Å². The number of anilines is 1. The molecule has 1 aliphatic heterocycles. The molecule has 3 heterocycles. The van der Waals surface area contributed by atoms with Crippen LogP contribution < -0.4 is 14.8 Å². The lowest BCUT2D eigenvalue weighted by Crippen LogP contribution is -2.25. The van der Waals surface area contributed by atoms with E-state index in [4.69, 9.17) is 32.7 Å². The third kappa shape index (κ3) is 4.33. The Balaban J connectivity index is 1.43. The number of amides is 1. The highest BCUT2D eigenvalue weighted by atomic mass is 35.5. The van der Waals surface area contributed by atoms with Crippen LogP contribution in [-0.4, -0.2) is 37.5 Å². The number of pyridine rings is 1. The van der Waals surface area contributed by atoms with Gasteiger partial charge in [0.25, 0.3) is 0 Å². The quantitative estimate of drug-likeness (QED) is 0.565. The van der Waals surface area contributed by atoms with Crippen LogP contribution in [-0.2, 0) is 11.8 Å². The van der Waals surface area contributed by atoms with Crippen LogP contribution in [0.5, 0.6) is 11.5 Å². The van der Waals surface area contributed by atoms with E-state index in [1.54, 1.807) is 11.5 Å². The Morgan fingerprint density at radius 2 is 2.07 bits per heavy atom. The number of para-hydroxylation sites is 2. The molecular weight excluding hydrogens is 449 g/mol. The zero-order valence-corrected chi connectivity index (χ0v) is 18.3. The third-order valence-electron chi connectivity index (χ3n) is 4.37. The van der Waals surface area contributed by atoms with E-state index in [1.807, 2.05) is 31.3 Å². The molecule has 3 aromatic rings. The number of thioether (sulfide) groups is 1. The first-order valence-corrected chi connectivity index (χ1v) is 10.6. The average Bonchev–Trinajstić information content (AvgIpc) is 3.09. The summed E-state index contributed by atoms with van der Waals surface area (Å²) in [7, 11) is 1.82. The van der Waals surface area contributed by atoms with Gasteiger partial charge in [0, 0.05) is 13.2 Å². The van der Waals surface area contributed by atoms with Gasteiger partial charge in [-0.1, -0.05) is 47.1 Å². The Kier molecular flexibility index (Phi) is 6.03. The Bertz CT molecular complexity index is 1090. The molecule has 4 rings (SSSR count). The van der Waals surface area contributed by atoms with E-state index in [1.165, 1.54) is 24.0 Å². The summed E-state index contributed by atoms with van der Waals surface area (Å²) in [5, 5.41) is 11.9. The van der Waals surface area contributed by atoms with Crippen LogP contribution in [0.25, 0.3) is 0 Å². The number of fused-ring (bicyclic) bond motifs is 1. The zero-order chi connectivity index (χ0) is 21.3. The molecule has 0 bridgehead atoms. The third-order valence-corrected chi connectivity index (χ3v) is 5.99. The minimum absolute atomic E-state index is 0.253. The molecule has 0 spiro atoms. The van der Waals surface area contributed by atoms with Crippen LogP contribution >= 0.6 is 35.0 Å². The average molecular weight is 466 g/mol. The maximum atomic E-state index is 12.5. The van der Waals surface area contributed by atoms with Gasteiger partial charge >= 0.3 is 0 Å². The van der Waals surface area contributed by atoms with Gasteiger partial charge in [-0.15, -0.1) is 10.2 Å². The van der Waals surface area contributed by atoms with Crippen molar-refractivity contribution in [1.29, 1.82) is 0 Å². The Morgan fingerprint density at radius 3 is 2.83 bits per heavy atom. The molecule has 0 aliphatic carbocycles. The van der Waals surface area contributed by atoms with Gasteiger partial charge in [-0.2, -0.15) is 0 Å². The molecule has 1 amide bonds. The first-order valence-electron chi connectivity index (χ1n) is 8.98. The second-order valence-corrected chi connectivity index (χ2v) is 8.65. The smallest absolute Gasteiger partial charge is 0.238 e. The topological polar surface area (TPSA) is 91.2 Å². The summed E-state index contributed by atoms with van der Waals surface area (Å²) in [5.74, 6) is 1.95. The van der Waals surface area contributed by atoms with Crippen LogP contribution in [0, 0.1) is 0 Å². The van der Waals surface area contributed by atoms with Crippen molar-refractivity contribution >= 4 is 46.7 Å². The number of hydrogen-bond acceptors (Lipinski definition) is 7. The van der Waals surface area contributed by atoms with Crippen molar-refractivity contribution in [2.24, 2.45) is 7.05 Å². The number of benzene rings is 1. The second kappa shape index (κ2) is 8.71. The predicted molar refractivity (Wildman–Crippen MR) is 115 cm³/mol. The van der Waals surface area contributed by atoms with Gasteiger partial charge in [-0.3, -0.25) is 4.79 Å². The van der Waals surface area contributed by atoms with Crippen molar-refractivity contribution in [2.45, 2.75) is 23.4 Å². The second-order valence-electron chi connectivity index (χ2n) is 6.50. The number of ether oxygens (including phenoxy) is 2. The highest BCUT2D eigenvalue weighted by Gasteiger charge is 2.28. The van der Waals surface area contributed by atoms with Gasteiger partial charge in [0.15, 0.2) is 34.4 Å². The van der Waals surface area contributed by atoms with Crippen LogP contribution in [0.4, 0.5) is 5.82 Å². The molecule has 11 heteroatoms. The van der Waals surface area contributed by atoms with Gasteiger partial charge in [0.1, 0.15) is 6.61 Å². The number of carbonyl (C=O) groups excluding carboxylic acids is 1. The van der Waals surface area contributed by atoms with Crippen molar-refractivity contribution in [2.75, 3.05) is 11.9 Å². The van der Waals surface area contributed by atoms with E-state index in [0.717, 1.165) is 0 Å². The maximum absolute atomic E-state index is 12.5. The molecule has 2 aromatic heterocycles. The van der Waals surface area contributed by atoms with Gasteiger partial charge in [-0.25, -0.2) is 4.98 Å². The molecule has 0 saturated heterocycles. The lowest BCUT2D eigenvalue weighted by atomic mass is 10.2. The Labute approximate surface area is 186 Å². The van der Waals surface area contributed by atoms with Crippen LogP contribution in [0.3, 0.4) is 0 Å². The van der Waals surface area contributed by atoms with Crippen LogP contribution in [0.15, 0.2) is 41.7 Å². The summed E-state index contributed by atoms with van der Waals surface area (Å²) >= 11 is 13.2. The van der Waals surface area contributed by atoms with E-state index in [0.29, 0.717) is 34.1 Å². The van der Waals surface area contributed by atoms with Gasteiger partial charge in [0.2, 0.25) is 5.91 Å². The van der Waals surface area contributed by atoms with Crippen molar-refractivity contribution in [3.05, 3.63) is 52.4 Å². The van der Waals surface area contributed by atoms with E-state index in [9.17, 15) is 4.79 Å². The monoisotopic (exact) mass is 465 g/mol. The van der Waals surface area contributed by atoms with Crippen molar-refractivity contribution < 1.29 is 14.3 Å². The standard InChI is InChI=1S/C19H17Cl2N5O3S/c1-10(18(27)23-16-12(21)7-11(20)8-22-16)30-19-25-24-17(26(19)2)15-9-28-13-5-3-4-6-14(13)29-15/h3-8,10,15H,9H2,1-2H3,(H,22,23,27)/t10-,15-/m0/s1.